The summed E-state index contributed by atoms with van der Waals surface area (Å²) < 4.78 is 37.6. The van der Waals surface area contributed by atoms with Gasteiger partial charge in [-0.15, -0.1) is 0 Å². The number of rotatable bonds is 3. The highest BCUT2D eigenvalue weighted by Crippen LogP contribution is 2.29. The van der Waals surface area contributed by atoms with Crippen molar-refractivity contribution in [2.75, 3.05) is 0 Å². The Balaban J connectivity index is 2.09. The summed E-state index contributed by atoms with van der Waals surface area (Å²) in [6, 6.07) is 11.5. The Morgan fingerprint density at radius 1 is 1.09 bits per heavy atom. The molecule has 116 valence electrons. The average Bonchev–Trinajstić information content (AvgIpc) is 2.46. The first-order valence-corrected chi connectivity index (χ1v) is 6.82. The van der Waals surface area contributed by atoms with E-state index in [1.165, 1.54) is 12.1 Å². The molecular formula is C17H16F3NO. The van der Waals surface area contributed by atoms with Crippen LogP contribution in [0.2, 0.25) is 0 Å². The number of carbonyl (C=O) groups is 1. The monoisotopic (exact) mass is 307 g/mol. The van der Waals surface area contributed by atoms with Gasteiger partial charge in [0.1, 0.15) is 0 Å². The minimum absolute atomic E-state index is 0.254. The Morgan fingerprint density at radius 3 is 2.27 bits per heavy atom. The number of hydrogen-bond acceptors (Lipinski definition) is 1. The molecule has 1 unspecified atom stereocenters. The normalized spacial score (nSPS) is 12.8. The molecule has 2 aromatic rings. The van der Waals surface area contributed by atoms with E-state index in [0.717, 1.165) is 17.7 Å². The second kappa shape index (κ2) is 6.22. The first kappa shape index (κ1) is 16.1. The molecule has 1 N–H and O–H groups in total. The minimum atomic E-state index is -4.35. The van der Waals surface area contributed by atoms with Gasteiger partial charge in [-0.2, -0.15) is 13.2 Å². The van der Waals surface area contributed by atoms with Gasteiger partial charge in [0.2, 0.25) is 0 Å². The van der Waals surface area contributed by atoms with Crippen LogP contribution in [0.4, 0.5) is 13.2 Å². The van der Waals surface area contributed by atoms with Gasteiger partial charge in [-0.25, -0.2) is 0 Å². The summed E-state index contributed by atoms with van der Waals surface area (Å²) in [7, 11) is 0. The van der Waals surface area contributed by atoms with E-state index >= 15 is 0 Å². The number of halogens is 3. The Kier molecular flexibility index (Phi) is 4.54. The molecule has 2 rings (SSSR count). The molecule has 0 aliphatic rings. The minimum Gasteiger partial charge on any atom is -0.346 e. The van der Waals surface area contributed by atoms with Crippen molar-refractivity contribution in [2.24, 2.45) is 0 Å². The van der Waals surface area contributed by atoms with Crippen LogP contribution in [0, 0.1) is 6.92 Å². The van der Waals surface area contributed by atoms with E-state index in [9.17, 15) is 18.0 Å². The molecule has 0 heterocycles. The van der Waals surface area contributed by atoms with Crippen LogP contribution in [0.15, 0.2) is 48.5 Å². The third-order valence-corrected chi connectivity index (χ3v) is 3.37. The van der Waals surface area contributed by atoms with Crippen molar-refractivity contribution in [3.05, 3.63) is 70.8 Å². The van der Waals surface area contributed by atoms with Crippen molar-refractivity contribution in [2.45, 2.75) is 26.1 Å². The molecule has 0 fully saturated rings. The number of alkyl halides is 3. The molecule has 2 aromatic carbocycles. The molecule has 0 aliphatic carbocycles. The van der Waals surface area contributed by atoms with Crippen LogP contribution in [0.25, 0.3) is 0 Å². The molecule has 2 nitrogen and oxygen atoms in total. The molecule has 0 spiro atoms. The zero-order chi connectivity index (χ0) is 16.3. The number of nitrogens with one attached hydrogen (secondary N) is 1. The predicted molar refractivity (Wildman–Crippen MR) is 78.5 cm³/mol. The summed E-state index contributed by atoms with van der Waals surface area (Å²) in [4.78, 5) is 12.1. The van der Waals surface area contributed by atoms with Gasteiger partial charge in [0.25, 0.3) is 5.91 Å². The van der Waals surface area contributed by atoms with E-state index in [1.54, 1.807) is 25.1 Å². The highest BCUT2D eigenvalue weighted by atomic mass is 19.4. The van der Waals surface area contributed by atoms with Gasteiger partial charge in [-0.3, -0.25) is 4.79 Å². The molecule has 5 heteroatoms. The highest BCUT2D eigenvalue weighted by Gasteiger charge is 2.30. The van der Waals surface area contributed by atoms with Crippen LogP contribution in [-0.2, 0) is 6.18 Å². The lowest BCUT2D eigenvalue weighted by atomic mass is 10.0. The predicted octanol–water partition coefficient (Wildman–Crippen LogP) is 4.50. The Hall–Kier alpha value is -2.30. The van der Waals surface area contributed by atoms with Crippen molar-refractivity contribution < 1.29 is 18.0 Å². The molecule has 0 bridgehead atoms. The smallest absolute Gasteiger partial charge is 0.346 e. The van der Waals surface area contributed by atoms with Crippen LogP contribution in [0.5, 0.6) is 0 Å². The Bertz CT molecular complexity index is 662. The summed E-state index contributed by atoms with van der Waals surface area (Å²) in [5, 5.41) is 2.78. The lowest BCUT2D eigenvalue weighted by Gasteiger charge is -2.15. The summed E-state index contributed by atoms with van der Waals surface area (Å²) >= 11 is 0. The van der Waals surface area contributed by atoms with Crippen LogP contribution < -0.4 is 5.32 Å². The maximum absolute atomic E-state index is 12.5. The third-order valence-electron chi connectivity index (χ3n) is 3.37. The molecule has 0 aromatic heterocycles. The molecule has 1 amide bonds. The van der Waals surface area contributed by atoms with E-state index < -0.39 is 11.7 Å². The third kappa shape index (κ3) is 3.87. The number of amides is 1. The zero-order valence-electron chi connectivity index (χ0n) is 12.2. The molecule has 0 radical (unpaired) electrons. The SMILES string of the molecule is Cc1cccc(C(=O)NC(C)c2ccc(C(F)(F)F)cc2)c1. The molecule has 0 saturated carbocycles. The van der Waals surface area contributed by atoms with Crippen molar-refractivity contribution >= 4 is 5.91 Å². The van der Waals surface area contributed by atoms with Gasteiger partial charge < -0.3 is 5.32 Å². The maximum atomic E-state index is 12.5. The van der Waals surface area contributed by atoms with Crippen LogP contribution in [-0.4, -0.2) is 5.91 Å². The van der Waals surface area contributed by atoms with Gasteiger partial charge in [0.05, 0.1) is 11.6 Å². The second-order valence-electron chi connectivity index (χ2n) is 5.18. The van der Waals surface area contributed by atoms with Gasteiger partial charge in [0.15, 0.2) is 0 Å². The lowest BCUT2D eigenvalue weighted by Crippen LogP contribution is -2.26. The molecule has 22 heavy (non-hydrogen) atoms. The van der Waals surface area contributed by atoms with E-state index in [-0.39, 0.29) is 11.9 Å². The second-order valence-corrected chi connectivity index (χ2v) is 5.18. The van der Waals surface area contributed by atoms with Gasteiger partial charge in [0, 0.05) is 5.56 Å². The molecular weight excluding hydrogens is 291 g/mol. The summed E-state index contributed by atoms with van der Waals surface area (Å²) in [5.41, 5.74) is 1.41. The van der Waals surface area contributed by atoms with Gasteiger partial charge in [-0.05, 0) is 43.7 Å². The highest BCUT2D eigenvalue weighted by molar-refractivity contribution is 5.94. The average molecular weight is 307 g/mol. The summed E-state index contributed by atoms with van der Waals surface area (Å²) in [6.07, 6.45) is -4.35. The topological polar surface area (TPSA) is 29.1 Å². The number of benzene rings is 2. The standard InChI is InChI=1S/C17H16F3NO/c1-11-4-3-5-14(10-11)16(22)21-12(2)13-6-8-15(9-7-13)17(18,19)20/h3-10,12H,1-2H3,(H,21,22). The lowest BCUT2D eigenvalue weighted by molar-refractivity contribution is -0.137. The Morgan fingerprint density at radius 2 is 1.73 bits per heavy atom. The number of carbonyl (C=O) groups excluding carboxylic acids is 1. The van der Waals surface area contributed by atoms with E-state index in [4.69, 9.17) is 0 Å². The fourth-order valence-electron chi connectivity index (χ4n) is 2.11. The van der Waals surface area contributed by atoms with Gasteiger partial charge >= 0.3 is 6.18 Å². The molecule has 1 atom stereocenters. The van der Waals surface area contributed by atoms with Crippen molar-refractivity contribution in [3.8, 4) is 0 Å². The first-order valence-electron chi connectivity index (χ1n) is 6.82. The molecule has 0 saturated heterocycles. The number of aryl methyl sites for hydroxylation is 1. The van der Waals surface area contributed by atoms with Crippen LogP contribution in [0.3, 0.4) is 0 Å². The van der Waals surface area contributed by atoms with Crippen molar-refractivity contribution in [1.82, 2.24) is 5.32 Å². The zero-order valence-corrected chi connectivity index (χ0v) is 12.2. The van der Waals surface area contributed by atoms with Crippen LogP contribution >= 0.6 is 0 Å². The van der Waals surface area contributed by atoms with Crippen molar-refractivity contribution in [1.29, 1.82) is 0 Å². The summed E-state index contributed by atoms with van der Waals surface area (Å²) in [5.74, 6) is -0.254. The first-order chi connectivity index (χ1) is 10.3. The Labute approximate surface area is 127 Å². The van der Waals surface area contributed by atoms with E-state index in [1.807, 2.05) is 13.0 Å². The van der Waals surface area contributed by atoms with Crippen LogP contribution in [0.1, 0.15) is 40.0 Å². The fourth-order valence-corrected chi connectivity index (χ4v) is 2.11. The largest absolute Gasteiger partial charge is 0.416 e. The van der Waals surface area contributed by atoms with Gasteiger partial charge in [-0.1, -0.05) is 29.8 Å². The summed E-state index contributed by atoms with van der Waals surface area (Å²) in [6.45, 7) is 3.62. The maximum Gasteiger partial charge on any atom is 0.416 e. The number of hydrogen-bond donors (Lipinski definition) is 1. The van der Waals surface area contributed by atoms with Crippen molar-refractivity contribution in [3.63, 3.8) is 0 Å². The quantitative estimate of drug-likeness (QED) is 0.888. The van der Waals surface area contributed by atoms with E-state index in [2.05, 4.69) is 5.32 Å². The van der Waals surface area contributed by atoms with E-state index in [0.29, 0.717) is 11.1 Å². The fraction of sp³-hybridized carbons (Fsp3) is 0.235. The molecule has 0 aliphatic heterocycles.